The zero-order chi connectivity index (χ0) is 16.2. The smallest absolute Gasteiger partial charge is 0.255 e. The molecule has 2 aromatic heterocycles. The summed E-state index contributed by atoms with van der Waals surface area (Å²) in [4.78, 5) is 8.05. The molecule has 0 aromatic carbocycles. The van der Waals surface area contributed by atoms with E-state index in [1.165, 1.54) is 12.8 Å². The van der Waals surface area contributed by atoms with Gasteiger partial charge in [-0.15, -0.1) is 0 Å². The van der Waals surface area contributed by atoms with Crippen LogP contribution in [0.15, 0.2) is 18.6 Å². The van der Waals surface area contributed by atoms with Crippen molar-refractivity contribution in [2.45, 2.75) is 32.6 Å². The Morgan fingerprint density at radius 1 is 1.30 bits per heavy atom. The van der Waals surface area contributed by atoms with E-state index in [-0.39, 0.29) is 5.88 Å². The minimum Gasteiger partial charge on any atom is -0.475 e. The zero-order valence-corrected chi connectivity index (χ0v) is 13.5. The molecule has 1 aliphatic rings. The van der Waals surface area contributed by atoms with Crippen molar-refractivity contribution < 1.29 is 9.13 Å². The average molecular weight is 319 g/mol. The summed E-state index contributed by atoms with van der Waals surface area (Å²) in [5.41, 5.74) is 0.742. The van der Waals surface area contributed by atoms with Crippen molar-refractivity contribution in [3.8, 4) is 5.88 Å². The average Bonchev–Trinajstić information content (AvgIpc) is 2.94. The number of rotatable bonds is 5. The van der Waals surface area contributed by atoms with Crippen LogP contribution in [-0.4, -0.2) is 26.4 Å². The molecule has 2 aromatic rings. The molecule has 2 heterocycles. The van der Waals surface area contributed by atoms with Crippen LogP contribution in [0.2, 0.25) is 0 Å². The monoisotopic (exact) mass is 319 g/mol. The minimum absolute atomic E-state index is 0.00464. The molecule has 0 spiro atoms. The summed E-state index contributed by atoms with van der Waals surface area (Å²) >= 11 is 0. The second kappa shape index (κ2) is 6.93. The van der Waals surface area contributed by atoms with Gasteiger partial charge >= 0.3 is 0 Å². The molecule has 0 radical (unpaired) electrons. The van der Waals surface area contributed by atoms with E-state index >= 15 is 0 Å². The number of aromatic nitrogens is 4. The Labute approximate surface area is 135 Å². The summed E-state index contributed by atoms with van der Waals surface area (Å²) in [6.45, 7) is 2.78. The van der Waals surface area contributed by atoms with Crippen LogP contribution in [-0.2, 0) is 7.05 Å². The molecular formula is C16H22FN5O. The largest absolute Gasteiger partial charge is 0.475 e. The van der Waals surface area contributed by atoms with E-state index < -0.39 is 5.82 Å². The molecule has 1 aliphatic carbocycles. The summed E-state index contributed by atoms with van der Waals surface area (Å²) in [6, 6.07) is 0. The van der Waals surface area contributed by atoms with Crippen LogP contribution in [0.1, 0.15) is 32.6 Å². The number of hydrogen-bond donors (Lipinski definition) is 1. The van der Waals surface area contributed by atoms with Gasteiger partial charge in [0.15, 0.2) is 0 Å². The van der Waals surface area contributed by atoms with Gasteiger partial charge in [0.25, 0.3) is 5.88 Å². The van der Waals surface area contributed by atoms with Crippen molar-refractivity contribution in [3.63, 3.8) is 0 Å². The van der Waals surface area contributed by atoms with Crippen LogP contribution in [0, 0.1) is 17.7 Å². The number of aryl methyl sites for hydroxylation is 1. The standard InChI is InChI=1S/C16H22FN5O/c1-11-3-5-12(6-4-11)10-23-15-14(17)8-18-16(21-15)20-13-7-19-22(2)9-13/h7-9,11-12H,3-6,10H2,1-2H3,(H,18,20,21)/t11-,12-. The third-order valence-electron chi connectivity index (χ3n) is 4.26. The molecule has 0 unspecified atom stereocenters. The zero-order valence-electron chi connectivity index (χ0n) is 13.5. The van der Waals surface area contributed by atoms with E-state index in [9.17, 15) is 4.39 Å². The molecule has 1 fully saturated rings. The number of ether oxygens (including phenoxy) is 1. The van der Waals surface area contributed by atoms with Crippen molar-refractivity contribution in [3.05, 3.63) is 24.4 Å². The van der Waals surface area contributed by atoms with E-state index in [0.29, 0.717) is 18.5 Å². The van der Waals surface area contributed by atoms with E-state index in [1.54, 1.807) is 17.1 Å². The molecule has 0 bridgehead atoms. The Bertz CT molecular complexity index is 652. The van der Waals surface area contributed by atoms with Crippen molar-refractivity contribution >= 4 is 11.6 Å². The molecule has 3 rings (SSSR count). The second-order valence-electron chi connectivity index (χ2n) is 6.31. The van der Waals surface area contributed by atoms with Crippen LogP contribution >= 0.6 is 0 Å². The number of anilines is 2. The van der Waals surface area contributed by atoms with Crippen molar-refractivity contribution in [1.82, 2.24) is 19.7 Å². The molecule has 23 heavy (non-hydrogen) atoms. The lowest BCUT2D eigenvalue weighted by molar-refractivity contribution is 0.178. The molecule has 124 valence electrons. The molecule has 6 nitrogen and oxygen atoms in total. The quantitative estimate of drug-likeness (QED) is 0.916. The van der Waals surface area contributed by atoms with Crippen LogP contribution in [0.3, 0.4) is 0 Å². The fourth-order valence-corrected chi connectivity index (χ4v) is 2.82. The summed E-state index contributed by atoms with van der Waals surface area (Å²) in [6.07, 6.45) is 9.27. The van der Waals surface area contributed by atoms with E-state index in [1.807, 2.05) is 7.05 Å². The Morgan fingerprint density at radius 2 is 2.09 bits per heavy atom. The number of hydrogen-bond acceptors (Lipinski definition) is 5. The first-order valence-corrected chi connectivity index (χ1v) is 8.01. The summed E-state index contributed by atoms with van der Waals surface area (Å²) in [5.74, 6) is 1.04. The molecule has 0 aliphatic heterocycles. The van der Waals surface area contributed by atoms with Gasteiger partial charge in [0, 0.05) is 13.2 Å². The number of nitrogens with one attached hydrogen (secondary N) is 1. The van der Waals surface area contributed by atoms with E-state index in [2.05, 4.69) is 27.3 Å². The first-order chi connectivity index (χ1) is 11.1. The summed E-state index contributed by atoms with van der Waals surface area (Å²) in [5, 5.41) is 7.03. The third-order valence-corrected chi connectivity index (χ3v) is 4.26. The molecule has 7 heteroatoms. The first-order valence-electron chi connectivity index (χ1n) is 8.01. The highest BCUT2D eigenvalue weighted by Gasteiger charge is 2.19. The molecular weight excluding hydrogens is 297 g/mol. The predicted molar refractivity (Wildman–Crippen MR) is 85.1 cm³/mol. The molecule has 0 amide bonds. The minimum atomic E-state index is -0.536. The van der Waals surface area contributed by atoms with Gasteiger partial charge in [-0.1, -0.05) is 19.8 Å². The lowest BCUT2D eigenvalue weighted by atomic mass is 9.83. The van der Waals surface area contributed by atoms with Crippen LogP contribution < -0.4 is 10.1 Å². The van der Waals surface area contributed by atoms with Gasteiger partial charge in [-0.05, 0) is 24.7 Å². The summed E-state index contributed by atoms with van der Waals surface area (Å²) < 4.78 is 21.1. The van der Waals surface area contributed by atoms with Gasteiger partial charge in [0.05, 0.1) is 24.7 Å². The predicted octanol–water partition coefficient (Wildman–Crippen LogP) is 3.30. The maximum Gasteiger partial charge on any atom is 0.255 e. The Balaban J connectivity index is 1.61. The highest BCUT2D eigenvalue weighted by atomic mass is 19.1. The molecule has 0 saturated heterocycles. The second-order valence-corrected chi connectivity index (χ2v) is 6.31. The fraction of sp³-hybridized carbons (Fsp3) is 0.562. The normalized spacial score (nSPS) is 21.2. The lowest BCUT2D eigenvalue weighted by Gasteiger charge is -2.25. The van der Waals surface area contributed by atoms with E-state index in [4.69, 9.17) is 4.74 Å². The Hall–Kier alpha value is -2.18. The molecule has 0 atom stereocenters. The summed E-state index contributed by atoms with van der Waals surface area (Å²) in [7, 11) is 1.82. The Morgan fingerprint density at radius 3 is 2.78 bits per heavy atom. The van der Waals surface area contributed by atoms with Gasteiger partial charge in [-0.25, -0.2) is 4.98 Å². The molecule has 1 saturated carbocycles. The fourth-order valence-electron chi connectivity index (χ4n) is 2.82. The Kier molecular flexibility index (Phi) is 4.73. The van der Waals surface area contributed by atoms with Gasteiger partial charge in [0.2, 0.25) is 11.8 Å². The maximum absolute atomic E-state index is 13.8. The topological polar surface area (TPSA) is 64.9 Å². The van der Waals surface area contributed by atoms with E-state index in [0.717, 1.165) is 30.6 Å². The van der Waals surface area contributed by atoms with Gasteiger partial charge in [0.1, 0.15) is 0 Å². The lowest BCUT2D eigenvalue weighted by Crippen LogP contribution is -2.19. The van der Waals surface area contributed by atoms with Crippen molar-refractivity contribution in [2.24, 2.45) is 18.9 Å². The van der Waals surface area contributed by atoms with Crippen molar-refractivity contribution in [2.75, 3.05) is 11.9 Å². The SMILES string of the molecule is Cn1cc(Nc2ncc(F)c(OC[C@H]3CC[C@H](C)CC3)n2)cn1. The highest BCUT2D eigenvalue weighted by molar-refractivity contribution is 5.50. The van der Waals surface area contributed by atoms with Gasteiger partial charge in [-0.3, -0.25) is 4.68 Å². The van der Waals surface area contributed by atoms with Crippen molar-refractivity contribution in [1.29, 1.82) is 0 Å². The number of nitrogens with zero attached hydrogens (tertiary/aromatic N) is 4. The van der Waals surface area contributed by atoms with Crippen LogP contribution in [0.5, 0.6) is 5.88 Å². The third kappa shape index (κ3) is 4.18. The van der Waals surface area contributed by atoms with Gasteiger partial charge < -0.3 is 10.1 Å². The number of halogens is 1. The first kappa shape index (κ1) is 15.7. The van der Waals surface area contributed by atoms with Crippen LogP contribution in [0.25, 0.3) is 0 Å². The van der Waals surface area contributed by atoms with Crippen LogP contribution in [0.4, 0.5) is 16.0 Å². The maximum atomic E-state index is 13.8. The van der Waals surface area contributed by atoms with Gasteiger partial charge in [-0.2, -0.15) is 14.5 Å². The highest BCUT2D eigenvalue weighted by Crippen LogP contribution is 2.29. The molecule has 1 N–H and O–H groups in total.